The molecule has 6 atom stereocenters. The number of ether oxygens (including phenoxy) is 1. The van der Waals surface area contributed by atoms with Crippen molar-refractivity contribution in [2.45, 2.75) is 121 Å². The lowest BCUT2D eigenvalue weighted by molar-refractivity contribution is -0.126. The number of fused-ring (bicyclic) bond motifs is 2. The highest BCUT2D eigenvalue weighted by molar-refractivity contribution is 7.86. The number of piperidine rings is 1. The van der Waals surface area contributed by atoms with E-state index in [1.54, 1.807) is 0 Å². The molecule has 218 valence electrons. The van der Waals surface area contributed by atoms with Crippen LogP contribution in [0.25, 0.3) is 0 Å². The van der Waals surface area contributed by atoms with Crippen LogP contribution in [0.15, 0.2) is 0 Å². The van der Waals surface area contributed by atoms with Crippen LogP contribution in [0, 0.1) is 11.8 Å². The molecule has 0 aromatic heterocycles. The summed E-state index contributed by atoms with van der Waals surface area (Å²) in [6.07, 6.45) is 2.85. The van der Waals surface area contributed by atoms with Gasteiger partial charge in [0, 0.05) is 42.9 Å². The number of carbonyl (C=O) groups excluding carboxylic acids is 3. The van der Waals surface area contributed by atoms with E-state index in [1.165, 1.54) is 0 Å². The number of aliphatic hydroxyl groups is 1. The summed E-state index contributed by atoms with van der Waals surface area (Å²) >= 11 is 0. The molecule has 3 fully saturated rings. The van der Waals surface area contributed by atoms with E-state index in [4.69, 9.17) is 4.74 Å². The van der Waals surface area contributed by atoms with Crippen molar-refractivity contribution in [1.82, 2.24) is 20.9 Å². The van der Waals surface area contributed by atoms with E-state index >= 15 is 0 Å². The number of carbonyl (C=O) groups is 3. The van der Waals surface area contributed by atoms with Gasteiger partial charge in [-0.15, -0.1) is 0 Å². The number of amides is 3. The number of aliphatic hydroxyl groups excluding tert-OH is 1. The van der Waals surface area contributed by atoms with E-state index < -0.39 is 45.6 Å². The number of hydrogen-bond donors (Lipinski definition) is 4. The van der Waals surface area contributed by atoms with Crippen LogP contribution in [0.2, 0.25) is 0 Å². The number of rotatable bonds is 10. The van der Waals surface area contributed by atoms with E-state index in [0.29, 0.717) is 37.9 Å². The first kappa shape index (κ1) is 30.6. The second-order valence-electron chi connectivity index (χ2n) is 12.3. The summed E-state index contributed by atoms with van der Waals surface area (Å²) in [6, 6.07) is -1.95. The second-order valence-corrected chi connectivity index (χ2v) is 13.8. The molecular weight excluding hydrogens is 516 g/mol. The Bertz CT molecular complexity index is 968. The van der Waals surface area contributed by atoms with E-state index in [0.717, 1.165) is 12.8 Å². The average Bonchev–Trinajstić information content (AvgIpc) is 3.31. The van der Waals surface area contributed by atoms with Crippen LogP contribution in [0.1, 0.15) is 79.6 Å². The molecule has 12 nitrogen and oxygen atoms in total. The van der Waals surface area contributed by atoms with Gasteiger partial charge in [-0.2, -0.15) is 0 Å². The third kappa shape index (κ3) is 7.80. The number of hydrogen-bond acceptors (Lipinski definition) is 9. The minimum absolute atomic E-state index is 0.0239. The Hall–Kier alpha value is -1.96. The van der Waals surface area contributed by atoms with Crippen molar-refractivity contribution < 1.29 is 37.2 Å². The summed E-state index contributed by atoms with van der Waals surface area (Å²) in [5, 5.41) is 17.8. The fourth-order valence-corrected chi connectivity index (χ4v) is 6.84. The Balaban J connectivity index is 1.65. The zero-order valence-corrected chi connectivity index (χ0v) is 23.8. The minimum atomic E-state index is -5.17. The lowest BCUT2D eigenvalue weighted by Gasteiger charge is -2.46. The van der Waals surface area contributed by atoms with Crippen molar-refractivity contribution in [3.63, 3.8) is 0 Å². The topological polar surface area (TPSA) is 177 Å². The molecule has 0 spiro atoms. The van der Waals surface area contributed by atoms with Gasteiger partial charge in [-0.1, -0.05) is 13.8 Å². The molecule has 4 N–H and O–H groups in total. The summed E-state index contributed by atoms with van der Waals surface area (Å²) < 4.78 is 40.4. The van der Waals surface area contributed by atoms with Gasteiger partial charge in [0.25, 0.3) is 0 Å². The van der Waals surface area contributed by atoms with Crippen LogP contribution in [-0.4, -0.2) is 88.7 Å². The monoisotopic (exact) mass is 559 g/mol. The van der Waals surface area contributed by atoms with E-state index in [-0.39, 0.29) is 36.3 Å². The lowest BCUT2D eigenvalue weighted by atomic mass is 9.93. The minimum Gasteiger partial charge on any atom is -0.746 e. The van der Waals surface area contributed by atoms with Gasteiger partial charge in [-0.3, -0.25) is 14.5 Å². The van der Waals surface area contributed by atoms with Gasteiger partial charge in [0.15, 0.2) is 5.44 Å². The predicted molar refractivity (Wildman–Crippen MR) is 138 cm³/mol. The summed E-state index contributed by atoms with van der Waals surface area (Å²) in [7, 11) is -5.17. The maximum atomic E-state index is 13.2. The lowest BCUT2D eigenvalue weighted by Crippen LogP contribution is -2.56. The first-order valence-electron chi connectivity index (χ1n) is 13.5. The van der Waals surface area contributed by atoms with Gasteiger partial charge in [0.05, 0.1) is 6.04 Å². The molecule has 38 heavy (non-hydrogen) atoms. The normalized spacial score (nSPS) is 28.5. The van der Waals surface area contributed by atoms with Gasteiger partial charge in [-0.25, -0.2) is 13.2 Å². The molecular formula is C25H43N4O8S-. The van der Waals surface area contributed by atoms with Crippen LogP contribution in [0.3, 0.4) is 0 Å². The van der Waals surface area contributed by atoms with Crippen molar-refractivity contribution in [2.24, 2.45) is 11.8 Å². The Morgan fingerprint density at radius 3 is 2.24 bits per heavy atom. The van der Waals surface area contributed by atoms with Gasteiger partial charge in [0.1, 0.15) is 22.3 Å². The Morgan fingerprint density at radius 1 is 1.16 bits per heavy atom. The highest BCUT2D eigenvalue weighted by Gasteiger charge is 2.46. The average molecular weight is 560 g/mol. The van der Waals surface area contributed by atoms with Gasteiger partial charge >= 0.3 is 6.09 Å². The molecule has 3 saturated heterocycles. The zero-order valence-electron chi connectivity index (χ0n) is 22.9. The Kier molecular flexibility index (Phi) is 9.70. The molecule has 13 heteroatoms. The third-order valence-electron chi connectivity index (χ3n) is 7.72. The van der Waals surface area contributed by atoms with Gasteiger partial charge in [0.2, 0.25) is 11.8 Å². The van der Waals surface area contributed by atoms with Crippen LogP contribution in [0.5, 0.6) is 0 Å². The van der Waals surface area contributed by atoms with Gasteiger partial charge < -0.3 is 30.3 Å². The maximum Gasteiger partial charge on any atom is 0.408 e. The highest BCUT2D eigenvalue weighted by Crippen LogP contribution is 2.41. The molecule has 3 aliphatic heterocycles. The van der Waals surface area contributed by atoms with Crippen molar-refractivity contribution in [3.8, 4) is 0 Å². The molecule has 0 aromatic rings. The molecule has 5 unspecified atom stereocenters. The summed E-state index contributed by atoms with van der Waals surface area (Å²) in [5.74, 6) is -1.78. The van der Waals surface area contributed by atoms with Gasteiger partial charge in [-0.05, 0) is 58.8 Å². The molecule has 0 radical (unpaired) electrons. The van der Waals surface area contributed by atoms with Crippen LogP contribution >= 0.6 is 0 Å². The molecule has 2 bridgehead atoms. The summed E-state index contributed by atoms with van der Waals surface area (Å²) in [5.41, 5.74) is -2.41. The van der Waals surface area contributed by atoms with Crippen molar-refractivity contribution in [1.29, 1.82) is 0 Å². The first-order chi connectivity index (χ1) is 17.6. The molecule has 3 amide bonds. The Labute approximate surface area is 225 Å². The largest absolute Gasteiger partial charge is 0.746 e. The fourth-order valence-electron chi connectivity index (χ4n) is 6.26. The molecule has 0 saturated carbocycles. The van der Waals surface area contributed by atoms with Crippen molar-refractivity contribution in [2.75, 3.05) is 6.54 Å². The summed E-state index contributed by atoms with van der Waals surface area (Å²) in [6.45, 7) is 10.6. The van der Waals surface area contributed by atoms with E-state index in [1.807, 2.05) is 13.8 Å². The first-order valence-corrected chi connectivity index (χ1v) is 15.0. The molecule has 3 aliphatic rings. The standard InChI is InChI=1S/C25H44N4O8S/c1-14(2)10-19(22(31)27-20(23(32)38(34,35)36)11-15-8-9-26-21(15)30)28-24(33)37-18-12-16-6-7-17(13-18)29(16)25(3,4)5/h14-20,23,32H,6-13H2,1-5H3,(H,26,30)(H,27,31)(H,28,33)(H,34,35,36)/p-1/t15?,16?,17?,18?,19-,20?,23?/m0/s1. The Morgan fingerprint density at radius 2 is 1.76 bits per heavy atom. The van der Waals surface area contributed by atoms with Crippen LogP contribution < -0.4 is 16.0 Å². The molecule has 0 aromatic carbocycles. The quantitative estimate of drug-likeness (QED) is 0.282. The number of alkyl carbamates (subject to hydrolysis) is 1. The van der Waals surface area contributed by atoms with E-state index in [2.05, 4.69) is 41.6 Å². The fraction of sp³-hybridized carbons (Fsp3) is 0.880. The molecule has 0 aliphatic carbocycles. The maximum absolute atomic E-state index is 13.2. The van der Waals surface area contributed by atoms with Crippen LogP contribution in [-0.2, 0) is 24.4 Å². The summed E-state index contributed by atoms with van der Waals surface area (Å²) in [4.78, 5) is 40.5. The zero-order chi connectivity index (χ0) is 28.4. The molecule has 3 heterocycles. The van der Waals surface area contributed by atoms with E-state index in [9.17, 15) is 32.5 Å². The number of nitrogens with zero attached hydrogens (tertiary/aromatic N) is 1. The number of nitrogens with one attached hydrogen (secondary N) is 3. The smallest absolute Gasteiger partial charge is 0.408 e. The third-order valence-corrected chi connectivity index (χ3v) is 8.64. The predicted octanol–water partition coefficient (Wildman–Crippen LogP) is 0.796. The van der Waals surface area contributed by atoms with Crippen LogP contribution in [0.4, 0.5) is 4.79 Å². The van der Waals surface area contributed by atoms with Crippen molar-refractivity contribution >= 4 is 28.0 Å². The highest BCUT2D eigenvalue weighted by atomic mass is 32.2. The van der Waals surface area contributed by atoms with Crippen molar-refractivity contribution in [3.05, 3.63) is 0 Å². The second kappa shape index (κ2) is 12.1. The SMILES string of the molecule is CC(C)C[C@H](NC(=O)OC1CC2CCC(C1)N2C(C)(C)C)C(=O)NC(CC1CCNC1=O)C(O)S(=O)(=O)[O-]. The molecule has 3 rings (SSSR count).